The number of aromatic amines is 1. The Kier molecular flexibility index (Phi) is 3.83. The van der Waals surface area contributed by atoms with Crippen LogP contribution in [0.2, 0.25) is 0 Å². The summed E-state index contributed by atoms with van der Waals surface area (Å²) >= 11 is 0. The van der Waals surface area contributed by atoms with Crippen molar-refractivity contribution >= 4 is 16.9 Å². The predicted octanol–water partition coefficient (Wildman–Crippen LogP) is 2.82. The fraction of sp³-hybridized carbons (Fsp3) is 0.278. The lowest BCUT2D eigenvalue weighted by atomic mass is 9.90. The molecule has 1 saturated heterocycles. The summed E-state index contributed by atoms with van der Waals surface area (Å²) in [4.78, 5) is 25.6. The summed E-state index contributed by atoms with van der Waals surface area (Å²) in [7, 11) is 0. The average molecular weight is 340 g/mol. The van der Waals surface area contributed by atoms with Crippen LogP contribution in [0, 0.1) is 5.82 Å². The number of nitrogens with one attached hydrogen (secondary N) is 1. The van der Waals surface area contributed by atoms with Gasteiger partial charge in [-0.2, -0.15) is 0 Å². The van der Waals surface area contributed by atoms with Crippen LogP contribution in [0.3, 0.4) is 0 Å². The first-order chi connectivity index (χ1) is 12.1. The highest BCUT2D eigenvalue weighted by Crippen LogP contribution is 2.30. The summed E-state index contributed by atoms with van der Waals surface area (Å²) < 4.78 is 13.6. The van der Waals surface area contributed by atoms with Crippen LogP contribution >= 0.6 is 0 Å². The van der Waals surface area contributed by atoms with Gasteiger partial charge in [-0.15, -0.1) is 0 Å². The maximum absolute atomic E-state index is 13.6. The summed E-state index contributed by atoms with van der Waals surface area (Å²) in [5.74, 6) is -0.660. The molecule has 3 heterocycles. The molecule has 0 bridgehead atoms. The molecule has 0 aliphatic carbocycles. The van der Waals surface area contributed by atoms with Gasteiger partial charge < -0.3 is 15.0 Å². The van der Waals surface area contributed by atoms with Crippen molar-refractivity contribution in [1.29, 1.82) is 0 Å². The topological polar surface area (TPSA) is 82.1 Å². The van der Waals surface area contributed by atoms with Crippen LogP contribution < -0.4 is 0 Å². The predicted molar refractivity (Wildman–Crippen MR) is 89.8 cm³/mol. The number of benzene rings is 1. The molecule has 2 N–H and O–H groups in total. The van der Waals surface area contributed by atoms with Crippen molar-refractivity contribution < 1.29 is 14.3 Å². The normalized spacial score (nSPS) is 17.8. The monoisotopic (exact) mass is 340 g/mol. The van der Waals surface area contributed by atoms with E-state index in [0.29, 0.717) is 24.4 Å². The third kappa shape index (κ3) is 3.05. The zero-order valence-corrected chi connectivity index (χ0v) is 13.4. The van der Waals surface area contributed by atoms with Crippen LogP contribution in [0.5, 0.6) is 5.75 Å². The van der Waals surface area contributed by atoms with E-state index in [-0.39, 0.29) is 17.6 Å². The van der Waals surface area contributed by atoms with Gasteiger partial charge in [0.15, 0.2) is 0 Å². The lowest BCUT2D eigenvalue weighted by Gasteiger charge is -2.32. The number of phenols is 1. The van der Waals surface area contributed by atoms with Gasteiger partial charge in [0.25, 0.3) is 5.91 Å². The third-order valence-electron chi connectivity index (χ3n) is 4.61. The lowest BCUT2D eigenvalue weighted by Crippen LogP contribution is -2.39. The number of carbonyl (C=O) groups is 1. The van der Waals surface area contributed by atoms with Crippen LogP contribution in [0.1, 0.15) is 34.8 Å². The molecule has 1 aliphatic heterocycles. The first-order valence-corrected chi connectivity index (χ1v) is 8.17. The molecule has 1 aliphatic rings. The van der Waals surface area contributed by atoms with Gasteiger partial charge >= 0.3 is 0 Å². The van der Waals surface area contributed by atoms with Gasteiger partial charge in [0, 0.05) is 36.7 Å². The Bertz CT molecular complexity index is 886. The first kappa shape index (κ1) is 15.6. The number of hydrogen-bond acceptors (Lipinski definition) is 4. The van der Waals surface area contributed by atoms with E-state index in [0.717, 1.165) is 29.9 Å². The first-order valence-electron chi connectivity index (χ1n) is 8.17. The number of rotatable bonds is 2. The lowest BCUT2D eigenvalue weighted by molar-refractivity contribution is 0.0702. The second-order valence-electron chi connectivity index (χ2n) is 6.34. The van der Waals surface area contributed by atoms with E-state index in [4.69, 9.17) is 0 Å². The Labute approximate surface area is 143 Å². The molecule has 25 heavy (non-hydrogen) atoms. The standard InChI is InChI=1S/C18H17FN4O2/c19-14-4-12(5-15(24)7-14)11-2-1-3-23(9-11)18(25)16-6-13-8-20-10-21-17(13)22-16/h4-8,10-11,24H,1-3,9H2,(H,20,21,22). The van der Waals surface area contributed by atoms with E-state index >= 15 is 0 Å². The number of nitrogens with zero attached hydrogens (tertiary/aromatic N) is 3. The van der Waals surface area contributed by atoms with Gasteiger partial charge in [0.05, 0.1) is 0 Å². The van der Waals surface area contributed by atoms with E-state index in [1.807, 2.05) is 0 Å². The number of aromatic hydroxyl groups is 1. The van der Waals surface area contributed by atoms with Gasteiger partial charge in [-0.1, -0.05) is 0 Å². The summed E-state index contributed by atoms with van der Waals surface area (Å²) in [6.07, 6.45) is 4.77. The van der Waals surface area contributed by atoms with E-state index in [2.05, 4.69) is 15.0 Å². The zero-order valence-electron chi connectivity index (χ0n) is 13.4. The van der Waals surface area contributed by atoms with Gasteiger partial charge in [-0.25, -0.2) is 14.4 Å². The van der Waals surface area contributed by atoms with E-state index in [1.165, 1.54) is 12.4 Å². The number of halogens is 1. The Hall–Kier alpha value is -2.96. The second-order valence-corrected chi connectivity index (χ2v) is 6.34. The highest BCUT2D eigenvalue weighted by Gasteiger charge is 2.27. The molecule has 7 heteroatoms. The smallest absolute Gasteiger partial charge is 0.270 e. The number of fused-ring (bicyclic) bond motifs is 1. The molecule has 3 aromatic rings. The molecule has 6 nitrogen and oxygen atoms in total. The SMILES string of the molecule is O=C(c1cc2cncnc2[nH]1)N1CCCC(c2cc(O)cc(F)c2)C1. The molecular weight excluding hydrogens is 323 g/mol. The second kappa shape index (κ2) is 6.16. The fourth-order valence-corrected chi connectivity index (χ4v) is 3.42. The van der Waals surface area contributed by atoms with Gasteiger partial charge in [-0.05, 0) is 36.6 Å². The molecule has 0 spiro atoms. The maximum Gasteiger partial charge on any atom is 0.270 e. The quantitative estimate of drug-likeness (QED) is 0.751. The van der Waals surface area contributed by atoms with Crippen molar-refractivity contribution in [3.8, 4) is 5.75 Å². The zero-order chi connectivity index (χ0) is 17.4. The van der Waals surface area contributed by atoms with E-state index in [9.17, 15) is 14.3 Å². The van der Waals surface area contributed by atoms with Gasteiger partial charge in [0.2, 0.25) is 0 Å². The minimum absolute atomic E-state index is 0.00321. The summed E-state index contributed by atoms with van der Waals surface area (Å²) in [5.41, 5.74) is 1.82. The number of amides is 1. The maximum atomic E-state index is 13.6. The van der Waals surface area contributed by atoms with Crippen molar-refractivity contribution in [2.75, 3.05) is 13.1 Å². The highest BCUT2D eigenvalue weighted by atomic mass is 19.1. The van der Waals surface area contributed by atoms with Crippen molar-refractivity contribution in [1.82, 2.24) is 19.9 Å². The number of aromatic nitrogens is 3. The molecule has 1 unspecified atom stereocenters. The fourth-order valence-electron chi connectivity index (χ4n) is 3.42. The Morgan fingerprint density at radius 3 is 3.00 bits per heavy atom. The van der Waals surface area contributed by atoms with Crippen molar-refractivity contribution in [2.24, 2.45) is 0 Å². The van der Waals surface area contributed by atoms with Crippen LogP contribution in [-0.4, -0.2) is 44.0 Å². The molecule has 1 fully saturated rings. The minimum Gasteiger partial charge on any atom is -0.508 e. The largest absolute Gasteiger partial charge is 0.508 e. The molecule has 0 saturated carbocycles. The van der Waals surface area contributed by atoms with Gasteiger partial charge in [0.1, 0.15) is 29.2 Å². The molecular formula is C18H17FN4O2. The molecule has 2 aromatic heterocycles. The number of carbonyl (C=O) groups excluding carboxylic acids is 1. The van der Waals surface area contributed by atoms with Crippen molar-refractivity contribution in [3.05, 3.63) is 53.9 Å². The summed E-state index contributed by atoms with van der Waals surface area (Å²) in [6.45, 7) is 1.14. The Morgan fingerprint density at radius 2 is 2.20 bits per heavy atom. The molecule has 4 rings (SSSR count). The van der Waals surface area contributed by atoms with E-state index in [1.54, 1.807) is 23.2 Å². The molecule has 0 radical (unpaired) electrons. The summed E-state index contributed by atoms with van der Waals surface area (Å²) in [5, 5.41) is 10.4. The van der Waals surface area contributed by atoms with Crippen LogP contribution in [0.15, 0.2) is 36.8 Å². The van der Waals surface area contributed by atoms with Crippen LogP contribution in [-0.2, 0) is 0 Å². The van der Waals surface area contributed by atoms with Crippen LogP contribution in [0.25, 0.3) is 11.0 Å². The third-order valence-corrected chi connectivity index (χ3v) is 4.61. The van der Waals surface area contributed by atoms with Crippen molar-refractivity contribution in [2.45, 2.75) is 18.8 Å². The van der Waals surface area contributed by atoms with E-state index < -0.39 is 5.82 Å². The number of phenolic OH excluding ortho intramolecular Hbond substituents is 1. The Morgan fingerprint density at radius 1 is 1.32 bits per heavy atom. The molecule has 1 aromatic carbocycles. The Balaban J connectivity index is 1.57. The number of piperidine rings is 1. The molecule has 128 valence electrons. The highest BCUT2D eigenvalue weighted by molar-refractivity contribution is 5.97. The summed E-state index contributed by atoms with van der Waals surface area (Å²) in [6, 6.07) is 5.83. The van der Waals surface area contributed by atoms with Gasteiger partial charge in [-0.3, -0.25) is 4.79 Å². The number of H-pyrrole nitrogens is 1. The molecule has 1 amide bonds. The number of likely N-dealkylation sites (tertiary alicyclic amines) is 1. The van der Waals surface area contributed by atoms with Crippen molar-refractivity contribution in [3.63, 3.8) is 0 Å². The number of hydrogen-bond donors (Lipinski definition) is 2. The van der Waals surface area contributed by atoms with Crippen LogP contribution in [0.4, 0.5) is 4.39 Å². The average Bonchev–Trinajstić information content (AvgIpc) is 3.04. The minimum atomic E-state index is -0.465. The molecule has 1 atom stereocenters.